The van der Waals surface area contributed by atoms with E-state index in [1.165, 1.54) is 0 Å². The molecule has 0 spiro atoms. The van der Waals surface area contributed by atoms with Gasteiger partial charge in [-0.15, -0.1) is 0 Å². The zero-order chi connectivity index (χ0) is 20.2. The minimum absolute atomic E-state index is 0.0336. The number of H-pyrrole nitrogens is 1. The molecular formula is C21H24N6O2. The SMILES string of the molecule is COc1ccc(NC(=O)NC2CCN(c3nccc(-c4ccc[nH]4)n3)C2)c(C)c1. The van der Waals surface area contributed by atoms with Gasteiger partial charge in [-0.25, -0.2) is 14.8 Å². The molecule has 150 valence electrons. The van der Waals surface area contributed by atoms with E-state index in [1.54, 1.807) is 13.3 Å². The lowest BCUT2D eigenvalue weighted by Gasteiger charge is -2.18. The Labute approximate surface area is 169 Å². The molecule has 1 aliphatic heterocycles. The smallest absolute Gasteiger partial charge is 0.319 e. The molecule has 2 aromatic heterocycles. The molecule has 1 aliphatic rings. The van der Waals surface area contributed by atoms with Crippen molar-refractivity contribution in [1.82, 2.24) is 20.3 Å². The van der Waals surface area contributed by atoms with Crippen LogP contribution in [-0.4, -0.2) is 47.2 Å². The number of methoxy groups -OCH3 is 1. The molecule has 0 radical (unpaired) electrons. The van der Waals surface area contributed by atoms with Crippen LogP contribution in [0.5, 0.6) is 5.75 Å². The number of aromatic nitrogens is 3. The van der Waals surface area contributed by atoms with Gasteiger partial charge >= 0.3 is 6.03 Å². The van der Waals surface area contributed by atoms with Gasteiger partial charge in [0, 0.05) is 37.2 Å². The highest BCUT2D eigenvalue weighted by atomic mass is 16.5. The van der Waals surface area contributed by atoms with Gasteiger partial charge in [0.2, 0.25) is 5.95 Å². The average Bonchev–Trinajstić information content (AvgIpc) is 3.42. The first-order valence-corrected chi connectivity index (χ1v) is 9.56. The number of amides is 2. The van der Waals surface area contributed by atoms with Crippen molar-refractivity contribution in [1.29, 1.82) is 0 Å². The Morgan fingerprint density at radius 1 is 1.31 bits per heavy atom. The summed E-state index contributed by atoms with van der Waals surface area (Å²) in [6, 6.07) is 11.2. The van der Waals surface area contributed by atoms with Crippen molar-refractivity contribution in [2.24, 2.45) is 0 Å². The highest BCUT2D eigenvalue weighted by molar-refractivity contribution is 5.90. The zero-order valence-electron chi connectivity index (χ0n) is 16.5. The molecule has 29 heavy (non-hydrogen) atoms. The van der Waals surface area contributed by atoms with Crippen LogP contribution in [0.1, 0.15) is 12.0 Å². The maximum Gasteiger partial charge on any atom is 0.319 e. The Bertz CT molecular complexity index is 989. The number of urea groups is 1. The summed E-state index contributed by atoms with van der Waals surface area (Å²) < 4.78 is 5.20. The van der Waals surface area contributed by atoms with Crippen LogP contribution in [0.15, 0.2) is 48.8 Å². The van der Waals surface area contributed by atoms with Gasteiger partial charge in [-0.1, -0.05) is 0 Å². The van der Waals surface area contributed by atoms with E-state index in [4.69, 9.17) is 4.74 Å². The lowest BCUT2D eigenvalue weighted by atomic mass is 10.2. The van der Waals surface area contributed by atoms with Crippen LogP contribution in [0.3, 0.4) is 0 Å². The summed E-state index contributed by atoms with van der Waals surface area (Å²) in [5.74, 6) is 1.44. The summed E-state index contributed by atoms with van der Waals surface area (Å²) in [6.07, 6.45) is 4.47. The number of aryl methyl sites for hydroxylation is 1. The molecule has 3 N–H and O–H groups in total. The quantitative estimate of drug-likeness (QED) is 0.620. The minimum atomic E-state index is -0.217. The summed E-state index contributed by atoms with van der Waals surface area (Å²) >= 11 is 0. The van der Waals surface area contributed by atoms with E-state index in [9.17, 15) is 4.79 Å². The molecule has 3 heterocycles. The number of ether oxygens (including phenoxy) is 1. The van der Waals surface area contributed by atoms with Crippen molar-refractivity contribution >= 4 is 17.7 Å². The van der Waals surface area contributed by atoms with Crippen LogP contribution in [0.2, 0.25) is 0 Å². The number of nitrogens with zero attached hydrogens (tertiary/aromatic N) is 3. The van der Waals surface area contributed by atoms with Crippen LogP contribution in [0.4, 0.5) is 16.4 Å². The van der Waals surface area contributed by atoms with E-state index in [-0.39, 0.29) is 12.1 Å². The van der Waals surface area contributed by atoms with Crippen molar-refractivity contribution in [3.63, 3.8) is 0 Å². The summed E-state index contributed by atoms with van der Waals surface area (Å²) in [5.41, 5.74) is 3.52. The monoisotopic (exact) mass is 392 g/mol. The maximum atomic E-state index is 12.4. The fraction of sp³-hybridized carbons (Fsp3) is 0.286. The van der Waals surface area contributed by atoms with Gasteiger partial charge in [-0.2, -0.15) is 0 Å². The molecule has 1 aromatic carbocycles. The molecule has 1 saturated heterocycles. The number of nitrogens with one attached hydrogen (secondary N) is 3. The summed E-state index contributed by atoms with van der Waals surface area (Å²) in [5, 5.41) is 5.95. The first-order chi connectivity index (χ1) is 14.1. The molecule has 3 aromatic rings. The third kappa shape index (κ3) is 4.31. The van der Waals surface area contributed by atoms with Gasteiger partial charge in [0.05, 0.1) is 18.5 Å². The Morgan fingerprint density at radius 2 is 2.21 bits per heavy atom. The van der Waals surface area contributed by atoms with Gasteiger partial charge < -0.3 is 25.3 Å². The summed E-state index contributed by atoms with van der Waals surface area (Å²) in [6.45, 7) is 3.40. The standard InChI is InChI=1S/C21H24N6O2/c1-14-12-16(29-2)5-6-17(14)26-21(28)24-15-8-11-27(13-15)20-23-10-7-19(25-20)18-4-3-9-22-18/h3-7,9-10,12,15,22H,8,11,13H2,1-2H3,(H2,24,26,28). The lowest BCUT2D eigenvalue weighted by Crippen LogP contribution is -2.40. The van der Waals surface area contributed by atoms with Crippen molar-refractivity contribution in [2.75, 3.05) is 30.4 Å². The number of benzene rings is 1. The second-order valence-corrected chi connectivity index (χ2v) is 7.04. The molecule has 1 fully saturated rings. The Hall–Kier alpha value is -3.55. The third-order valence-corrected chi connectivity index (χ3v) is 5.00. The van der Waals surface area contributed by atoms with Crippen LogP contribution in [0.25, 0.3) is 11.4 Å². The lowest BCUT2D eigenvalue weighted by molar-refractivity contribution is 0.249. The predicted octanol–water partition coefficient (Wildman–Crippen LogP) is 3.19. The van der Waals surface area contributed by atoms with Crippen molar-refractivity contribution in [2.45, 2.75) is 19.4 Å². The largest absolute Gasteiger partial charge is 0.497 e. The molecule has 1 unspecified atom stereocenters. The van der Waals surface area contributed by atoms with Gasteiger partial charge in [-0.3, -0.25) is 0 Å². The van der Waals surface area contributed by atoms with E-state index >= 15 is 0 Å². The first-order valence-electron chi connectivity index (χ1n) is 9.56. The summed E-state index contributed by atoms with van der Waals surface area (Å²) in [7, 11) is 1.62. The average molecular weight is 392 g/mol. The van der Waals surface area contributed by atoms with Gasteiger partial charge in [-0.05, 0) is 55.3 Å². The van der Waals surface area contributed by atoms with Gasteiger partial charge in [0.25, 0.3) is 0 Å². The fourth-order valence-electron chi connectivity index (χ4n) is 3.45. The van der Waals surface area contributed by atoms with E-state index in [0.717, 1.165) is 41.4 Å². The van der Waals surface area contributed by atoms with Crippen LogP contribution in [-0.2, 0) is 0 Å². The minimum Gasteiger partial charge on any atom is -0.497 e. The van der Waals surface area contributed by atoms with E-state index < -0.39 is 0 Å². The predicted molar refractivity (Wildman–Crippen MR) is 112 cm³/mol. The third-order valence-electron chi connectivity index (χ3n) is 5.00. The highest BCUT2D eigenvalue weighted by Crippen LogP contribution is 2.22. The van der Waals surface area contributed by atoms with Gasteiger partial charge in [0.1, 0.15) is 5.75 Å². The molecule has 1 atom stereocenters. The molecule has 8 heteroatoms. The molecular weight excluding hydrogens is 368 g/mol. The Morgan fingerprint density at radius 3 is 2.97 bits per heavy atom. The normalized spacial score (nSPS) is 15.9. The van der Waals surface area contributed by atoms with E-state index in [1.807, 2.05) is 49.5 Å². The molecule has 4 rings (SSSR count). The number of hydrogen-bond acceptors (Lipinski definition) is 5. The maximum absolute atomic E-state index is 12.4. The highest BCUT2D eigenvalue weighted by Gasteiger charge is 2.26. The van der Waals surface area contributed by atoms with Crippen molar-refractivity contribution < 1.29 is 9.53 Å². The number of carbonyl (C=O) groups is 1. The van der Waals surface area contributed by atoms with Crippen LogP contribution in [0, 0.1) is 6.92 Å². The van der Waals surface area contributed by atoms with E-state index in [2.05, 4.69) is 30.5 Å². The molecule has 0 bridgehead atoms. The van der Waals surface area contributed by atoms with Crippen molar-refractivity contribution in [3.8, 4) is 17.1 Å². The molecule has 8 nitrogen and oxygen atoms in total. The number of carbonyl (C=O) groups excluding carboxylic acids is 1. The second-order valence-electron chi connectivity index (χ2n) is 7.04. The Balaban J connectivity index is 1.35. The fourth-order valence-corrected chi connectivity index (χ4v) is 3.45. The summed E-state index contributed by atoms with van der Waals surface area (Å²) in [4.78, 5) is 26.7. The molecule has 2 amide bonds. The van der Waals surface area contributed by atoms with E-state index in [0.29, 0.717) is 12.5 Å². The number of hydrogen-bond donors (Lipinski definition) is 3. The number of rotatable bonds is 5. The van der Waals surface area contributed by atoms with Crippen LogP contribution >= 0.6 is 0 Å². The van der Waals surface area contributed by atoms with Crippen molar-refractivity contribution in [3.05, 3.63) is 54.4 Å². The number of aromatic amines is 1. The first kappa shape index (κ1) is 18.8. The van der Waals surface area contributed by atoms with Crippen LogP contribution < -0.4 is 20.3 Å². The van der Waals surface area contributed by atoms with Gasteiger partial charge in [0.15, 0.2) is 0 Å². The molecule has 0 aliphatic carbocycles. The second kappa shape index (κ2) is 8.22. The zero-order valence-corrected chi connectivity index (χ0v) is 16.5. The number of anilines is 2. The Kier molecular flexibility index (Phi) is 5.33. The molecule has 0 saturated carbocycles. The topological polar surface area (TPSA) is 95.2 Å².